The molecule has 1 aliphatic heterocycles. The van der Waals surface area contributed by atoms with E-state index in [-0.39, 0.29) is 12.1 Å². The van der Waals surface area contributed by atoms with Crippen molar-refractivity contribution in [2.75, 3.05) is 0 Å². The molecule has 2 atom stereocenters. The summed E-state index contributed by atoms with van der Waals surface area (Å²) in [6.07, 6.45) is 5.38. The Morgan fingerprint density at radius 1 is 1.17 bits per heavy atom. The van der Waals surface area contributed by atoms with Gasteiger partial charge < -0.3 is 9.47 Å². The molecule has 116 valence electrons. The van der Waals surface area contributed by atoms with Crippen molar-refractivity contribution in [2.45, 2.75) is 32.3 Å². The number of esters is 1. The number of fused-ring (bicyclic) bond motifs is 3. The number of carbonyl (C=O) groups excluding carboxylic acids is 1. The Bertz CT molecular complexity index is 805. The summed E-state index contributed by atoms with van der Waals surface area (Å²) < 4.78 is 11.7. The zero-order chi connectivity index (χ0) is 16.0. The van der Waals surface area contributed by atoms with E-state index in [1.54, 1.807) is 12.1 Å². The van der Waals surface area contributed by atoms with E-state index in [1.807, 2.05) is 38.1 Å². The zero-order valence-corrected chi connectivity index (χ0v) is 13.2. The highest BCUT2D eigenvalue weighted by atomic mass is 16.5. The number of benzene rings is 2. The van der Waals surface area contributed by atoms with Crippen molar-refractivity contribution in [1.82, 2.24) is 0 Å². The van der Waals surface area contributed by atoms with Crippen LogP contribution in [0.4, 0.5) is 0 Å². The van der Waals surface area contributed by atoms with Crippen LogP contribution in [-0.4, -0.2) is 12.1 Å². The summed E-state index contributed by atoms with van der Waals surface area (Å²) in [4.78, 5) is 12.3. The van der Waals surface area contributed by atoms with Gasteiger partial charge in [0.05, 0.1) is 5.56 Å². The van der Waals surface area contributed by atoms with Gasteiger partial charge in [-0.3, -0.25) is 0 Å². The van der Waals surface area contributed by atoms with E-state index in [0.717, 1.165) is 28.9 Å². The predicted octanol–water partition coefficient (Wildman–Crippen LogP) is 4.33. The van der Waals surface area contributed by atoms with Crippen LogP contribution in [0, 0.1) is 13.8 Å². The number of hydrogen-bond donors (Lipinski definition) is 0. The number of hydrogen-bond acceptors (Lipinski definition) is 3. The molecule has 1 aliphatic carbocycles. The van der Waals surface area contributed by atoms with Crippen LogP contribution >= 0.6 is 0 Å². The summed E-state index contributed by atoms with van der Waals surface area (Å²) in [5.41, 5.74) is 3.72. The second kappa shape index (κ2) is 5.27. The summed E-state index contributed by atoms with van der Waals surface area (Å²) in [6, 6.07) is 11.1. The van der Waals surface area contributed by atoms with Crippen LogP contribution in [0.15, 0.2) is 48.6 Å². The molecular weight excluding hydrogens is 288 g/mol. The van der Waals surface area contributed by atoms with Crippen LogP contribution < -0.4 is 9.47 Å². The average Bonchev–Trinajstić information content (AvgIpc) is 3.15. The smallest absolute Gasteiger partial charge is 0.343 e. The Balaban J connectivity index is 1.69. The Labute approximate surface area is 135 Å². The van der Waals surface area contributed by atoms with Gasteiger partial charge in [-0.1, -0.05) is 24.3 Å². The quantitative estimate of drug-likeness (QED) is 0.471. The number of carbonyl (C=O) groups is 1. The third-order valence-electron chi connectivity index (χ3n) is 4.80. The maximum absolute atomic E-state index is 12.3. The van der Waals surface area contributed by atoms with Gasteiger partial charge in [0, 0.05) is 11.5 Å². The predicted molar refractivity (Wildman–Crippen MR) is 88.2 cm³/mol. The first-order chi connectivity index (χ1) is 11.1. The highest BCUT2D eigenvalue weighted by molar-refractivity contribution is 5.91. The molecule has 3 nitrogen and oxygen atoms in total. The van der Waals surface area contributed by atoms with Crippen molar-refractivity contribution in [2.24, 2.45) is 0 Å². The Hall–Kier alpha value is -2.55. The molecule has 0 spiro atoms. The third-order valence-corrected chi connectivity index (χ3v) is 4.80. The second-order valence-electron chi connectivity index (χ2n) is 6.15. The van der Waals surface area contributed by atoms with E-state index in [2.05, 4.69) is 12.2 Å². The first-order valence-electron chi connectivity index (χ1n) is 7.90. The van der Waals surface area contributed by atoms with Gasteiger partial charge in [0.2, 0.25) is 0 Å². The second-order valence-corrected chi connectivity index (χ2v) is 6.15. The highest BCUT2D eigenvalue weighted by Crippen LogP contribution is 2.48. The summed E-state index contributed by atoms with van der Waals surface area (Å²) in [7, 11) is 0. The minimum absolute atomic E-state index is 0.128. The molecule has 0 saturated heterocycles. The van der Waals surface area contributed by atoms with Gasteiger partial charge in [-0.15, -0.1) is 0 Å². The summed E-state index contributed by atoms with van der Waals surface area (Å²) in [5.74, 6) is 1.61. The van der Waals surface area contributed by atoms with E-state index in [1.165, 1.54) is 0 Å². The number of rotatable bonds is 2. The molecular formula is C20H18O3. The van der Waals surface area contributed by atoms with Crippen LogP contribution in [0.25, 0.3) is 0 Å². The topological polar surface area (TPSA) is 35.5 Å². The lowest BCUT2D eigenvalue weighted by molar-refractivity contribution is 0.0733. The molecule has 2 aliphatic rings. The monoisotopic (exact) mass is 306 g/mol. The normalized spacial score (nSPS) is 20.8. The van der Waals surface area contributed by atoms with Gasteiger partial charge in [0.1, 0.15) is 17.6 Å². The van der Waals surface area contributed by atoms with Crippen LogP contribution in [0.3, 0.4) is 0 Å². The number of ether oxygens (including phenoxy) is 2. The lowest BCUT2D eigenvalue weighted by Gasteiger charge is -2.14. The van der Waals surface area contributed by atoms with Crippen molar-refractivity contribution in [3.05, 3.63) is 70.8 Å². The maximum atomic E-state index is 12.3. The molecule has 0 radical (unpaired) electrons. The molecule has 0 amide bonds. The molecule has 0 bridgehead atoms. The largest absolute Gasteiger partial charge is 0.485 e. The zero-order valence-electron chi connectivity index (χ0n) is 13.2. The fourth-order valence-corrected chi connectivity index (χ4v) is 3.35. The Morgan fingerprint density at radius 3 is 2.74 bits per heavy atom. The minimum Gasteiger partial charge on any atom is -0.485 e. The van der Waals surface area contributed by atoms with Crippen molar-refractivity contribution < 1.29 is 14.3 Å². The van der Waals surface area contributed by atoms with Crippen molar-refractivity contribution >= 4 is 5.97 Å². The molecule has 0 N–H and O–H groups in total. The van der Waals surface area contributed by atoms with Crippen LogP contribution in [0.5, 0.6) is 11.5 Å². The van der Waals surface area contributed by atoms with E-state index in [4.69, 9.17) is 9.47 Å². The van der Waals surface area contributed by atoms with Crippen molar-refractivity contribution in [1.29, 1.82) is 0 Å². The molecule has 1 heterocycles. The molecule has 2 aromatic rings. The van der Waals surface area contributed by atoms with Crippen LogP contribution in [0.2, 0.25) is 0 Å². The summed E-state index contributed by atoms with van der Waals surface area (Å²) in [5, 5.41) is 0. The van der Waals surface area contributed by atoms with E-state index >= 15 is 0 Å². The molecule has 0 fully saturated rings. The van der Waals surface area contributed by atoms with Crippen molar-refractivity contribution in [3.63, 3.8) is 0 Å². The first kappa shape index (κ1) is 14.1. The maximum Gasteiger partial charge on any atom is 0.343 e. The lowest BCUT2D eigenvalue weighted by atomic mass is 9.93. The van der Waals surface area contributed by atoms with Gasteiger partial charge in [-0.2, -0.15) is 0 Å². The van der Waals surface area contributed by atoms with E-state index < -0.39 is 0 Å². The standard InChI is InChI=1S/C20H18O3/c1-12-13(2)19-16(15-9-6-10-17(15)22-19)11-18(12)23-20(21)14-7-4-3-5-8-14/h3-8,10-11,15,17H,9H2,1-2H3. The van der Waals surface area contributed by atoms with Crippen LogP contribution in [-0.2, 0) is 0 Å². The fourth-order valence-electron chi connectivity index (χ4n) is 3.35. The molecule has 4 rings (SSSR count). The SMILES string of the molecule is Cc1c(OC(=O)c2ccccc2)cc2c(c1C)OC1C=CCC21. The van der Waals surface area contributed by atoms with Gasteiger partial charge in [-0.25, -0.2) is 4.79 Å². The first-order valence-corrected chi connectivity index (χ1v) is 7.90. The molecule has 2 unspecified atom stereocenters. The minimum atomic E-state index is -0.326. The van der Waals surface area contributed by atoms with Gasteiger partial charge >= 0.3 is 5.97 Å². The fraction of sp³-hybridized carbons (Fsp3) is 0.250. The highest BCUT2D eigenvalue weighted by Gasteiger charge is 2.37. The molecule has 3 heteroatoms. The van der Waals surface area contributed by atoms with Gasteiger partial charge in [0.25, 0.3) is 0 Å². The third kappa shape index (κ3) is 2.24. The van der Waals surface area contributed by atoms with Crippen molar-refractivity contribution in [3.8, 4) is 11.5 Å². The lowest BCUT2D eigenvalue weighted by Crippen LogP contribution is -2.10. The molecule has 0 aromatic heterocycles. The van der Waals surface area contributed by atoms with Gasteiger partial charge in [0.15, 0.2) is 0 Å². The van der Waals surface area contributed by atoms with Gasteiger partial charge in [-0.05, 0) is 55.7 Å². The van der Waals surface area contributed by atoms with E-state index in [9.17, 15) is 4.79 Å². The molecule has 23 heavy (non-hydrogen) atoms. The Morgan fingerprint density at radius 2 is 1.96 bits per heavy atom. The summed E-state index contributed by atoms with van der Waals surface area (Å²) >= 11 is 0. The molecule has 0 saturated carbocycles. The van der Waals surface area contributed by atoms with E-state index in [0.29, 0.717) is 17.2 Å². The van der Waals surface area contributed by atoms with Crippen LogP contribution in [0.1, 0.15) is 39.4 Å². The molecule has 2 aromatic carbocycles. The number of allylic oxidation sites excluding steroid dienone is 1. The Kier molecular flexibility index (Phi) is 3.22. The summed E-state index contributed by atoms with van der Waals surface area (Å²) in [6.45, 7) is 4.00. The average molecular weight is 306 g/mol.